The molecule has 0 aliphatic carbocycles. The van der Waals surface area contributed by atoms with E-state index in [1.165, 1.54) is 0 Å². The topological polar surface area (TPSA) is 112 Å². The van der Waals surface area contributed by atoms with Crippen LogP contribution in [0, 0.1) is 0 Å². The molecule has 0 spiro atoms. The van der Waals surface area contributed by atoms with Crippen LogP contribution in [-0.2, 0) is 11.2 Å². The maximum absolute atomic E-state index is 12.2. The highest BCUT2D eigenvalue weighted by molar-refractivity contribution is 7.10. The molecule has 1 aliphatic heterocycles. The van der Waals surface area contributed by atoms with Gasteiger partial charge in [0.25, 0.3) is 5.91 Å². The first kappa shape index (κ1) is 16.4. The molecular weight excluding hydrogens is 332 g/mol. The molecule has 0 bridgehead atoms. The Morgan fingerprint density at radius 2 is 2.21 bits per heavy atom. The Morgan fingerprint density at radius 1 is 1.38 bits per heavy atom. The number of H-pyrrole nitrogens is 1. The van der Waals surface area contributed by atoms with Crippen molar-refractivity contribution >= 4 is 28.5 Å². The second-order valence-corrected chi connectivity index (χ2v) is 5.96. The minimum atomic E-state index is -0.350. The van der Waals surface area contributed by atoms with Crippen LogP contribution in [0.1, 0.15) is 16.1 Å². The molecule has 1 fully saturated rings. The average Bonchev–Trinajstić information content (AvgIpc) is 3.27. The van der Waals surface area contributed by atoms with Crippen LogP contribution in [0.15, 0.2) is 18.5 Å². The lowest BCUT2D eigenvalue weighted by Gasteiger charge is -2.26. The van der Waals surface area contributed by atoms with Crippen molar-refractivity contribution in [3.8, 4) is 0 Å². The maximum Gasteiger partial charge on any atom is 0.322 e. The Kier molecular flexibility index (Phi) is 5.39. The number of ether oxygens (including phenoxy) is 1. The van der Waals surface area contributed by atoms with Gasteiger partial charge in [-0.1, -0.05) is 4.49 Å². The number of carbonyl (C=O) groups is 2. The summed E-state index contributed by atoms with van der Waals surface area (Å²) in [5.74, 6) is -0.350. The zero-order chi connectivity index (χ0) is 16.8. The lowest BCUT2D eigenvalue weighted by molar-refractivity contribution is 0.0565. The molecule has 128 valence electrons. The van der Waals surface area contributed by atoms with E-state index in [4.69, 9.17) is 4.74 Å². The molecule has 10 heteroatoms. The van der Waals surface area contributed by atoms with Crippen LogP contribution >= 0.6 is 11.5 Å². The molecule has 2 aromatic heterocycles. The van der Waals surface area contributed by atoms with Crippen LogP contribution in [-0.4, -0.2) is 64.3 Å². The fourth-order valence-electron chi connectivity index (χ4n) is 2.28. The molecule has 3 rings (SSSR count). The van der Waals surface area contributed by atoms with Crippen LogP contribution in [0.2, 0.25) is 0 Å². The van der Waals surface area contributed by atoms with Gasteiger partial charge in [0.1, 0.15) is 0 Å². The summed E-state index contributed by atoms with van der Waals surface area (Å²) in [5, 5.41) is 9.66. The van der Waals surface area contributed by atoms with E-state index in [1.54, 1.807) is 4.90 Å². The fourth-order valence-corrected chi connectivity index (χ4v) is 2.84. The first-order valence-corrected chi connectivity index (χ1v) is 8.37. The molecule has 1 aliphatic rings. The number of rotatable bonds is 5. The van der Waals surface area contributed by atoms with E-state index < -0.39 is 0 Å². The molecule has 0 saturated carbocycles. The molecule has 3 N–H and O–H groups in total. The van der Waals surface area contributed by atoms with Crippen molar-refractivity contribution in [3.05, 3.63) is 29.7 Å². The van der Waals surface area contributed by atoms with E-state index in [0.29, 0.717) is 44.3 Å². The molecule has 3 heterocycles. The molecule has 0 radical (unpaired) electrons. The van der Waals surface area contributed by atoms with Crippen LogP contribution in [0.25, 0.3) is 0 Å². The van der Waals surface area contributed by atoms with Crippen LogP contribution in [0.3, 0.4) is 0 Å². The van der Waals surface area contributed by atoms with Gasteiger partial charge >= 0.3 is 6.03 Å². The number of carbonyl (C=O) groups excluding carboxylic acids is 2. The summed E-state index contributed by atoms with van der Waals surface area (Å²) in [7, 11) is 0. The number of aromatic amines is 1. The quantitative estimate of drug-likeness (QED) is 0.735. The summed E-state index contributed by atoms with van der Waals surface area (Å²) >= 11 is 0.985. The van der Waals surface area contributed by atoms with E-state index >= 15 is 0 Å². The monoisotopic (exact) mass is 350 g/mol. The second-order valence-electron chi connectivity index (χ2n) is 5.21. The molecule has 3 amide bonds. The van der Waals surface area contributed by atoms with Crippen LogP contribution in [0.4, 0.5) is 9.80 Å². The van der Waals surface area contributed by atoms with Gasteiger partial charge in [-0.2, -0.15) is 0 Å². The van der Waals surface area contributed by atoms with Crippen molar-refractivity contribution in [3.63, 3.8) is 0 Å². The van der Waals surface area contributed by atoms with Gasteiger partial charge in [-0.05, 0) is 18.1 Å². The van der Waals surface area contributed by atoms with Gasteiger partial charge in [0.2, 0.25) is 0 Å². The third kappa shape index (κ3) is 4.09. The largest absolute Gasteiger partial charge is 0.378 e. The minimum absolute atomic E-state index is 0.135. The number of anilines is 1. The van der Waals surface area contributed by atoms with Crippen LogP contribution < -0.4 is 10.6 Å². The highest BCUT2D eigenvalue weighted by Crippen LogP contribution is 2.18. The normalized spacial score (nSPS) is 14.4. The summed E-state index contributed by atoms with van der Waals surface area (Å²) in [6.07, 6.45) is 4.42. The van der Waals surface area contributed by atoms with Gasteiger partial charge in [0.05, 0.1) is 13.2 Å². The third-order valence-corrected chi connectivity index (χ3v) is 4.22. The Hall–Kier alpha value is -2.46. The molecule has 0 unspecified atom stereocenters. The fraction of sp³-hybridized carbons (Fsp3) is 0.429. The molecule has 0 aromatic carbocycles. The summed E-state index contributed by atoms with van der Waals surface area (Å²) in [6.45, 7) is 2.55. The van der Waals surface area contributed by atoms with E-state index in [-0.39, 0.29) is 17.6 Å². The number of nitrogens with zero attached hydrogens (tertiary/aromatic N) is 3. The van der Waals surface area contributed by atoms with Gasteiger partial charge in [-0.15, -0.1) is 5.10 Å². The highest BCUT2D eigenvalue weighted by Gasteiger charge is 2.22. The lowest BCUT2D eigenvalue weighted by Crippen LogP contribution is -2.43. The number of aromatic nitrogens is 3. The molecule has 2 aromatic rings. The Bertz CT molecular complexity index is 681. The van der Waals surface area contributed by atoms with E-state index in [1.807, 2.05) is 18.5 Å². The predicted octanol–water partition coefficient (Wildman–Crippen LogP) is 0.703. The van der Waals surface area contributed by atoms with Crippen molar-refractivity contribution in [1.82, 2.24) is 24.8 Å². The first-order chi connectivity index (χ1) is 11.7. The van der Waals surface area contributed by atoms with E-state index in [9.17, 15) is 9.59 Å². The lowest BCUT2D eigenvalue weighted by atomic mass is 10.2. The summed E-state index contributed by atoms with van der Waals surface area (Å²) in [4.78, 5) is 29.0. The molecular formula is C14H18N6O3S. The highest BCUT2D eigenvalue weighted by atomic mass is 32.1. The second kappa shape index (κ2) is 7.88. The number of amides is 3. The zero-order valence-electron chi connectivity index (χ0n) is 12.9. The average molecular weight is 350 g/mol. The Morgan fingerprint density at radius 3 is 2.96 bits per heavy atom. The van der Waals surface area contributed by atoms with E-state index in [2.05, 4.69) is 25.2 Å². The predicted molar refractivity (Wildman–Crippen MR) is 88.1 cm³/mol. The van der Waals surface area contributed by atoms with Gasteiger partial charge in [-0.25, -0.2) is 4.79 Å². The third-order valence-electron chi connectivity index (χ3n) is 3.58. The minimum Gasteiger partial charge on any atom is -0.378 e. The Labute approximate surface area is 142 Å². The van der Waals surface area contributed by atoms with E-state index in [0.717, 1.165) is 17.1 Å². The zero-order valence-corrected chi connectivity index (χ0v) is 13.8. The SMILES string of the molecule is O=C(NCCc1cc[nH]c1)c1nnsc1NC(=O)N1CCOCC1. The molecule has 24 heavy (non-hydrogen) atoms. The number of urea groups is 1. The number of morpholine rings is 1. The van der Waals surface area contributed by atoms with Gasteiger partial charge in [0.15, 0.2) is 10.7 Å². The van der Waals surface area contributed by atoms with Crippen molar-refractivity contribution < 1.29 is 14.3 Å². The number of hydrogen-bond donors (Lipinski definition) is 3. The number of nitrogens with one attached hydrogen (secondary N) is 3. The smallest absolute Gasteiger partial charge is 0.322 e. The van der Waals surface area contributed by atoms with Gasteiger partial charge in [-0.3, -0.25) is 10.1 Å². The first-order valence-electron chi connectivity index (χ1n) is 7.60. The number of hydrogen-bond acceptors (Lipinski definition) is 6. The van der Waals surface area contributed by atoms with Crippen LogP contribution in [0.5, 0.6) is 0 Å². The van der Waals surface area contributed by atoms with Gasteiger partial charge < -0.3 is 19.9 Å². The summed E-state index contributed by atoms with van der Waals surface area (Å²) < 4.78 is 8.98. The van der Waals surface area contributed by atoms with Gasteiger partial charge in [0, 0.05) is 43.6 Å². The molecule has 9 nitrogen and oxygen atoms in total. The molecule has 0 atom stereocenters. The standard InChI is InChI=1S/C14H18N6O3S/c21-12(16-4-2-10-1-3-15-9-10)11-13(24-19-18-11)17-14(22)20-5-7-23-8-6-20/h1,3,9,15H,2,4-8H2,(H,16,21)(H,17,22). The maximum atomic E-state index is 12.2. The van der Waals surface area contributed by atoms with Crippen molar-refractivity contribution in [1.29, 1.82) is 0 Å². The Balaban J connectivity index is 1.53. The summed E-state index contributed by atoms with van der Waals surface area (Å²) in [6, 6.07) is 1.68. The molecule has 1 saturated heterocycles. The van der Waals surface area contributed by atoms with Crippen molar-refractivity contribution in [2.24, 2.45) is 0 Å². The van der Waals surface area contributed by atoms with Crippen molar-refractivity contribution in [2.75, 3.05) is 38.2 Å². The summed E-state index contributed by atoms with van der Waals surface area (Å²) in [5.41, 5.74) is 1.24. The van der Waals surface area contributed by atoms with Crippen molar-refractivity contribution in [2.45, 2.75) is 6.42 Å².